The molecule has 2 rings (SSSR count). The topological polar surface area (TPSA) is 59.1 Å². The number of hydrogen-bond donors (Lipinski definition) is 0. The quantitative estimate of drug-likeness (QED) is 0.796. The van der Waals surface area contributed by atoms with E-state index in [1.807, 2.05) is 18.7 Å². The molecule has 1 fully saturated rings. The van der Waals surface area contributed by atoms with Gasteiger partial charge in [-0.25, -0.2) is 0 Å². The van der Waals surface area contributed by atoms with Crippen LogP contribution in [-0.2, 0) is 9.59 Å². The third-order valence-corrected chi connectivity index (χ3v) is 3.99. The molecule has 0 unspecified atom stereocenters. The van der Waals surface area contributed by atoms with Crippen LogP contribution >= 0.6 is 0 Å². The summed E-state index contributed by atoms with van der Waals surface area (Å²) < 4.78 is 10.6. The maximum absolute atomic E-state index is 12.2. The number of ether oxygens (including phenoxy) is 2. The third kappa shape index (κ3) is 5.15. The molecule has 24 heavy (non-hydrogen) atoms. The lowest BCUT2D eigenvalue weighted by molar-refractivity contribution is -0.141. The summed E-state index contributed by atoms with van der Waals surface area (Å²) in [5, 5.41) is 0. The van der Waals surface area contributed by atoms with Crippen LogP contribution in [0.2, 0.25) is 0 Å². The predicted molar refractivity (Wildman–Crippen MR) is 91.1 cm³/mol. The van der Waals surface area contributed by atoms with Crippen LogP contribution in [0.25, 0.3) is 0 Å². The van der Waals surface area contributed by atoms with Gasteiger partial charge in [0.15, 0.2) is 6.61 Å². The first-order valence-electron chi connectivity index (χ1n) is 8.32. The fourth-order valence-corrected chi connectivity index (χ4v) is 2.59. The van der Waals surface area contributed by atoms with Gasteiger partial charge in [0.25, 0.3) is 5.91 Å². The third-order valence-electron chi connectivity index (χ3n) is 3.99. The summed E-state index contributed by atoms with van der Waals surface area (Å²) >= 11 is 0. The highest BCUT2D eigenvalue weighted by atomic mass is 16.5. The Morgan fingerprint density at radius 1 is 0.958 bits per heavy atom. The van der Waals surface area contributed by atoms with Crippen molar-refractivity contribution in [1.82, 2.24) is 9.80 Å². The van der Waals surface area contributed by atoms with Crippen molar-refractivity contribution in [2.75, 3.05) is 39.9 Å². The van der Waals surface area contributed by atoms with E-state index >= 15 is 0 Å². The Morgan fingerprint density at radius 3 is 1.96 bits per heavy atom. The van der Waals surface area contributed by atoms with E-state index in [2.05, 4.69) is 0 Å². The minimum absolute atomic E-state index is 0.00622. The predicted octanol–water partition coefficient (Wildman–Crippen LogP) is 1.79. The van der Waals surface area contributed by atoms with Crippen LogP contribution in [0.15, 0.2) is 24.3 Å². The Kier molecular flexibility index (Phi) is 6.46. The molecular formula is C18H26N2O4. The van der Waals surface area contributed by atoms with Gasteiger partial charge in [-0.2, -0.15) is 0 Å². The minimum Gasteiger partial charge on any atom is -0.497 e. The van der Waals surface area contributed by atoms with E-state index in [-0.39, 0.29) is 18.4 Å². The highest BCUT2D eigenvalue weighted by Crippen LogP contribution is 2.17. The fourth-order valence-electron chi connectivity index (χ4n) is 2.59. The van der Waals surface area contributed by atoms with Crippen molar-refractivity contribution in [3.05, 3.63) is 24.3 Å². The number of piperazine rings is 1. The Bertz CT molecular complexity index is 549. The van der Waals surface area contributed by atoms with E-state index in [0.29, 0.717) is 44.3 Å². The maximum atomic E-state index is 12.2. The van der Waals surface area contributed by atoms with E-state index in [1.54, 1.807) is 36.3 Å². The standard InChI is InChI=1S/C18H26N2O4/c1-14(2)12-17(21)19-8-10-20(11-9-19)18(22)13-24-16-6-4-15(23-3)5-7-16/h4-7,14H,8-13H2,1-3H3. The number of carbonyl (C=O) groups is 2. The fraction of sp³-hybridized carbons (Fsp3) is 0.556. The average molecular weight is 334 g/mol. The molecule has 0 bridgehead atoms. The zero-order valence-electron chi connectivity index (χ0n) is 14.7. The van der Waals surface area contributed by atoms with Gasteiger partial charge < -0.3 is 19.3 Å². The van der Waals surface area contributed by atoms with Crippen LogP contribution in [0.4, 0.5) is 0 Å². The summed E-state index contributed by atoms with van der Waals surface area (Å²) in [6, 6.07) is 7.13. The molecule has 2 amide bonds. The molecule has 1 aromatic carbocycles. The Morgan fingerprint density at radius 2 is 1.46 bits per heavy atom. The van der Waals surface area contributed by atoms with Gasteiger partial charge in [-0.3, -0.25) is 9.59 Å². The number of hydrogen-bond acceptors (Lipinski definition) is 4. The number of nitrogens with zero attached hydrogens (tertiary/aromatic N) is 2. The van der Waals surface area contributed by atoms with Crippen molar-refractivity contribution < 1.29 is 19.1 Å². The molecule has 0 aromatic heterocycles. The van der Waals surface area contributed by atoms with Crippen LogP contribution in [0.3, 0.4) is 0 Å². The molecule has 1 aliphatic heterocycles. The summed E-state index contributed by atoms with van der Waals surface area (Å²) in [6.45, 7) is 6.40. The van der Waals surface area contributed by atoms with Gasteiger partial charge in [0, 0.05) is 32.6 Å². The number of carbonyl (C=O) groups excluding carboxylic acids is 2. The van der Waals surface area contributed by atoms with E-state index in [9.17, 15) is 9.59 Å². The second-order valence-corrected chi connectivity index (χ2v) is 6.32. The highest BCUT2D eigenvalue weighted by Gasteiger charge is 2.24. The Labute approximate surface area is 143 Å². The largest absolute Gasteiger partial charge is 0.497 e. The van der Waals surface area contributed by atoms with E-state index in [1.165, 1.54) is 0 Å². The average Bonchev–Trinajstić information content (AvgIpc) is 2.59. The highest BCUT2D eigenvalue weighted by molar-refractivity contribution is 5.79. The first-order chi connectivity index (χ1) is 11.5. The van der Waals surface area contributed by atoms with Crippen LogP contribution in [-0.4, -0.2) is 61.5 Å². The van der Waals surface area contributed by atoms with Gasteiger partial charge in [0.2, 0.25) is 5.91 Å². The Balaban J connectivity index is 1.75. The molecule has 0 saturated carbocycles. The summed E-state index contributed by atoms with van der Waals surface area (Å²) in [4.78, 5) is 27.9. The normalized spacial score (nSPS) is 14.7. The van der Waals surface area contributed by atoms with Crippen molar-refractivity contribution in [3.8, 4) is 11.5 Å². The smallest absolute Gasteiger partial charge is 0.260 e. The van der Waals surface area contributed by atoms with E-state index in [4.69, 9.17) is 9.47 Å². The number of rotatable bonds is 6. The van der Waals surface area contributed by atoms with Crippen molar-refractivity contribution in [3.63, 3.8) is 0 Å². The molecule has 6 nitrogen and oxygen atoms in total. The molecule has 1 saturated heterocycles. The monoisotopic (exact) mass is 334 g/mol. The summed E-state index contributed by atoms with van der Waals surface area (Å²) in [7, 11) is 1.60. The van der Waals surface area contributed by atoms with Crippen molar-refractivity contribution in [2.45, 2.75) is 20.3 Å². The number of benzene rings is 1. The van der Waals surface area contributed by atoms with Crippen molar-refractivity contribution in [1.29, 1.82) is 0 Å². The van der Waals surface area contributed by atoms with E-state index < -0.39 is 0 Å². The van der Waals surface area contributed by atoms with Gasteiger partial charge in [-0.15, -0.1) is 0 Å². The van der Waals surface area contributed by atoms with Crippen LogP contribution < -0.4 is 9.47 Å². The molecule has 132 valence electrons. The molecule has 6 heteroatoms. The van der Waals surface area contributed by atoms with Crippen LogP contribution in [0.1, 0.15) is 20.3 Å². The van der Waals surface area contributed by atoms with Crippen LogP contribution in [0, 0.1) is 5.92 Å². The van der Waals surface area contributed by atoms with Gasteiger partial charge in [-0.1, -0.05) is 13.8 Å². The first-order valence-corrected chi connectivity index (χ1v) is 8.32. The molecular weight excluding hydrogens is 308 g/mol. The molecule has 0 spiro atoms. The minimum atomic E-state index is -0.0539. The van der Waals surface area contributed by atoms with Gasteiger partial charge in [-0.05, 0) is 30.2 Å². The first kappa shape index (κ1) is 18.1. The Hall–Kier alpha value is -2.24. The summed E-state index contributed by atoms with van der Waals surface area (Å²) in [6.07, 6.45) is 0.564. The molecule has 0 aliphatic carbocycles. The van der Waals surface area contributed by atoms with Gasteiger partial charge >= 0.3 is 0 Å². The van der Waals surface area contributed by atoms with Crippen molar-refractivity contribution >= 4 is 11.8 Å². The molecule has 0 radical (unpaired) electrons. The number of methoxy groups -OCH3 is 1. The SMILES string of the molecule is COc1ccc(OCC(=O)N2CCN(C(=O)CC(C)C)CC2)cc1. The lowest BCUT2D eigenvalue weighted by atomic mass is 10.1. The van der Waals surface area contributed by atoms with E-state index in [0.717, 1.165) is 5.75 Å². The summed E-state index contributed by atoms with van der Waals surface area (Å²) in [5.74, 6) is 1.86. The second kappa shape index (κ2) is 8.57. The lowest BCUT2D eigenvalue weighted by Gasteiger charge is -2.35. The molecule has 0 atom stereocenters. The van der Waals surface area contributed by atoms with Gasteiger partial charge in [0.05, 0.1) is 7.11 Å². The lowest BCUT2D eigenvalue weighted by Crippen LogP contribution is -2.51. The van der Waals surface area contributed by atoms with Gasteiger partial charge in [0.1, 0.15) is 11.5 Å². The summed E-state index contributed by atoms with van der Waals surface area (Å²) in [5.41, 5.74) is 0. The number of amides is 2. The molecule has 1 aliphatic rings. The van der Waals surface area contributed by atoms with Crippen molar-refractivity contribution in [2.24, 2.45) is 5.92 Å². The maximum Gasteiger partial charge on any atom is 0.260 e. The molecule has 0 N–H and O–H groups in total. The zero-order chi connectivity index (χ0) is 17.5. The zero-order valence-corrected chi connectivity index (χ0v) is 14.7. The molecule has 1 heterocycles. The van der Waals surface area contributed by atoms with Crippen LogP contribution in [0.5, 0.6) is 11.5 Å². The second-order valence-electron chi connectivity index (χ2n) is 6.32. The molecule has 1 aromatic rings.